The lowest BCUT2D eigenvalue weighted by molar-refractivity contribution is 0.300. The second kappa shape index (κ2) is 4.86. The molecule has 0 amide bonds. The predicted octanol–water partition coefficient (Wildman–Crippen LogP) is 4.51. The first kappa shape index (κ1) is 11.4. The summed E-state index contributed by atoms with van der Waals surface area (Å²) in [4.78, 5) is 3.34. The van der Waals surface area contributed by atoms with Gasteiger partial charge < -0.3 is 9.72 Å². The van der Waals surface area contributed by atoms with Crippen LogP contribution in [0.25, 0.3) is 10.9 Å². The van der Waals surface area contributed by atoms with Gasteiger partial charge in [0, 0.05) is 5.52 Å². The minimum atomic E-state index is 0.539. The normalized spacial score (nSPS) is 10.7. The van der Waals surface area contributed by atoms with Crippen molar-refractivity contribution >= 4 is 26.8 Å². The van der Waals surface area contributed by atoms with E-state index in [0.29, 0.717) is 6.61 Å². The summed E-state index contributed by atoms with van der Waals surface area (Å²) in [5.41, 5.74) is 2.22. The molecule has 0 bridgehead atoms. The van der Waals surface area contributed by atoms with Gasteiger partial charge in [0.25, 0.3) is 0 Å². The minimum Gasteiger partial charge on any atom is -0.486 e. The van der Waals surface area contributed by atoms with Crippen LogP contribution in [0, 0.1) is 0 Å². The Morgan fingerprint density at radius 2 is 1.78 bits per heavy atom. The Kier molecular flexibility index (Phi) is 3.07. The molecule has 0 unspecified atom stereocenters. The van der Waals surface area contributed by atoms with E-state index < -0.39 is 0 Å². The molecule has 0 saturated heterocycles. The third-order valence-corrected chi connectivity index (χ3v) is 3.46. The molecule has 0 aliphatic rings. The molecule has 0 spiro atoms. The van der Waals surface area contributed by atoms with Gasteiger partial charge in [-0.05, 0) is 45.6 Å². The molecule has 2 nitrogen and oxygen atoms in total. The molecule has 1 aromatic heterocycles. The van der Waals surface area contributed by atoms with Gasteiger partial charge in [0.2, 0.25) is 0 Å². The van der Waals surface area contributed by atoms with E-state index in [4.69, 9.17) is 4.74 Å². The highest BCUT2D eigenvalue weighted by Crippen LogP contribution is 2.25. The van der Waals surface area contributed by atoms with E-state index in [9.17, 15) is 0 Å². The van der Waals surface area contributed by atoms with Crippen LogP contribution < -0.4 is 4.74 Å². The van der Waals surface area contributed by atoms with Gasteiger partial charge in [0.15, 0.2) is 0 Å². The number of hydrogen-bond donors (Lipinski definition) is 1. The Balaban J connectivity index is 1.79. The van der Waals surface area contributed by atoms with E-state index in [1.165, 1.54) is 5.39 Å². The van der Waals surface area contributed by atoms with Crippen LogP contribution in [0.1, 0.15) is 5.69 Å². The molecule has 3 aromatic rings. The fraction of sp³-hybridized carbons (Fsp3) is 0.0667. The zero-order valence-corrected chi connectivity index (χ0v) is 11.3. The summed E-state index contributed by atoms with van der Waals surface area (Å²) in [6.45, 7) is 0.539. The van der Waals surface area contributed by atoms with Crippen molar-refractivity contribution < 1.29 is 4.74 Å². The summed E-state index contributed by atoms with van der Waals surface area (Å²) in [7, 11) is 0. The predicted molar refractivity (Wildman–Crippen MR) is 76.8 cm³/mol. The number of para-hydroxylation sites is 2. The van der Waals surface area contributed by atoms with E-state index in [1.807, 2.05) is 36.4 Å². The third kappa shape index (κ3) is 2.27. The highest BCUT2D eigenvalue weighted by atomic mass is 79.9. The highest BCUT2D eigenvalue weighted by Gasteiger charge is 2.03. The maximum absolute atomic E-state index is 5.77. The quantitative estimate of drug-likeness (QED) is 0.756. The maximum Gasteiger partial charge on any atom is 0.134 e. The van der Waals surface area contributed by atoms with Crippen molar-refractivity contribution in [2.45, 2.75) is 6.61 Å². The zero-order chi connectivity index (χ0) is 12.4. The van der Waals surface area contributed by atoms with Crippen LogP contribution in [-0.4, -0.2) is 4.98 Å². The molecular formula is C15H12BrNO. The SMILES string of the molecule is Brc1ccccc1OCc1cc2ccccc2[nH]1. The van der Waals surface area contributed by atoms with Gasteiger partial charge in [0.1, 0.15) is 12.4 Å². The van der Waals surface area contributed by atoms with E-state index in [1.54, 1.807) is 0 Å². The summed E-state index contributed by atoms with van der Waals surface area (Å²) in [5.74, 6) is 0.858. The Labute approximate surface area is 114 Å². The molecule has 0 aliphatic heterocycles. The fourth-order valence-corrected chi connectivity index (χ4v) is 2.33. The molecule has 2 aromatic carbocycles. The summed E-state index contributed by atoms with van der Waals surface area (Å²) < 4.78 is 6.75. The number of H-pyrrole nitrogens is 1. The average Bonchev–Trinajstić information content (AvgIpc) is 2.80. The molecule has 3 rings (SSSR count). The molecule has 0 aliphatic carbocycles. The van der Waals surface area contributed by atoms with Crippen LogP contribution >= 0.6 is 15.9 Å². The smallest absolute Gasteiger partial charge is 0.134 e. The van der Waals surface area contributed by atoms with Crippen LogP contribution in [0.5, 0.6) is 5.75 Å². The molecule has 3 heteroatoms. The van der Waals surface area contributed by atoms with E-state index in [2.05, 4.69) is 39.1 Å². The number of fused-ring (bicyclic) bond motifs is 1. The summed E-state index contributed by atoms with van der Waals surface area (Å²) >= 11 is 3.47. The van der Waals surface area contributed by atoms with Crippen LogP contribution in [0.3, 0.4) is 0 Å². The number of aromatic nitrogens is 1. The highest BCUT2D eigenvalue weighted by molar-refractivity contribution is 9.10. The number of nitrogens with one attached hydrogen (secondary N) is 1. The van der Waals surface area contributed by atoms with E-state index in [-0.39, 0.29) is 0 Å². The molecule has 0 radical (unpaired) electrons. The van der Waals surface area contributed by atoms with Gasteiger partial charge in [-0.1, -0.05) is 30.3 Å². The van der Waals surface area contributed by atoms with E-state index in [0.717, 1.165) is 21.4 Å². The largest absolute Gasteiger partial charge is 0.486 e. The number of hydrogen-bond acceptors (Lipinski definition) is 1. The lowest BCUT2D eigenvalue weighted by Gasteiger charge is -2.06. The zero-order valence-electron chi connectivity index (χ0n) is 9.69. The molecule has 0 fully saturated rings. The van der Waals surface area contributed by atoms with Gasteiger partial charge >= 0.3 is 0 Å². The number of ether oxygens (including phenoxy) is 1. The van der Waals surface area contributed by atoms with Crippen molar-refractivity contribution in [3.8, 4) is 5.75 Å². The second-order valence-corrected chi connectivity index (χ2v) is 4.96. The summed E-state index contributed by atoms with van der Waals surface area (Å²) in [6, 6.07) is 18.2. The first-order valence-corrected chi connectivity index (χ1v) is 6.56. The van der Waals surface area contributed by atoms with Crippen molar-refractivity contribution in [3.05, 3.63) is 64.8 Å². The second-order valence-electron chi connectivity index (χ2n) is 4.10. The Morgan fingerprint density at radius 1 is 1.00 bits per heavy atom. The van der Waals surface area contributed by atoms with Crippen LogP contribution in [0.4, 0.5) is 0 Å². The first-order valence-electron chi connectivity index (χ1n) is 5.77. The van der Waals surface area contributed by atoms with Crippen LogP contribution in [0.2, 0.25) is 0 Å². The molecular weight excluding hydrogens is 290 g/mol. The monoisotopic (exact) mass is 301 g/mol. The molecule has 1 heterocycles. The number of rotatable bonds is 3. The van der Waals surface area contributed by atoms with Crippen molar-refractivity contribution in [1.82, 2.24) is 4.98 Å². The Bertz CT molecular complexity index is 642. The van der Waals surface area contributed by atoms with Crippen molar-refractivity contribution in [2.75, 3.05) is 0 Å². The van der Waals surface area contributed by atoms with E-state index >= 15 is 0 Å². The van der Waals surface area contributed by atoms with Gasteiger partial charge in [-0.25, -0.2) is 0 Å². The lowest BCUT2D eigenvalue weighted by atomic mass is 10.2. The molecule has 1 N–H and O–H groups in total. The van der Waals surface area contributed by atoms with Crippen LogP contribution in [0.15, 0.2) is 59.1 Å². The van der Waals surface area contributed by atoms with Gasteiger partial charge in [-0.2, -0.15) is 0 Å². The fourth-order valence-electron chi connectivity index (χ4n) is 1.93. The number of benzene rings is 2. The number of aromatic amines is 1. The van der Waals surface area contributed by atoms with Crippen molar-refractivity contribution in [1.29, 1.82) is 0 Å². The number of halogens is 1. The third-order valence-electron chi connectivity index (χ3n) is 2.81. The van der Waals surface area contributed by atoms with Gasteiger partial charge in [0.05, 0.1) is 10.2 Å². The Hall–Kier alpha value is -1.74. The van der Waals surface area contributed by atoms with Crippen LogP contribution in [-0.2, 0) is 6.61 Å². The summed E-state index contributed by atoms with van der Waals surface area (Å²) in [5, 5.41) is 1.21. The molecule has 0 saturated carbocycles. The molecule has 90 valence electrons. The van der Waals surface area contributed by atoms with Crippen molar-refractivity contribution in [2.24, 2.45) is 0 Å². The molecule has 18 heavy (non-hydrogen) atoms. The first-order chi connectivity index (χ1) is 8.83. The maximum atomic E-state index is 5.77. The van der Waals surface area contributed by atoms with Gasteiger partial charge in [-0.3, -0.25) is 0 Å². The minimum absolute atomic E-state index is 0.539. The standard InChI is InChI=1S/C15H12BrNO/c16-13-6-2-4-8-15(13)18-10-12-9-11-5-1-3-7-14(11)17-12/h1-9,17H,10H2. The lowest BCUT2D eigenvalue weighted by Crippen LogP contribution is -1.95. The van der Waals surface area contributed by atoms with Crippen molar-refractivity contribution in [3.63, 3.8) is 0 Å². The summed E-state index contributed by atoms with van der Waals surface area (Å²) in [6.07, 6.45) is 0. The molecule has 0 atom stereocenters. The Morgan fingerprint density at radius 3 is 2.61 bits per heavy atom. The van der Waals surface area contributed by atoms with Gasteiger partial charge in [-0.15, -0.1) is 0 Å². The topological polar surface area (TPSA) is 25.0 Å². The average molecular weight is 302 g/mol.